The zero-order valence-electron chi connectivity index (χ0n) is 18.9. The van der Waals surface area contributed by atoms with Gasteiger partial charge in [0.1, 0.15) is 5.75 Å². The highest BCUT2D eigenvalue weighted by Gasteiger charge is 2.76. The van der Waals surface area contributed by atoms with Crippen LogP contribution in [0.25, 0.3) is 0 Å². The van der Waals surface area contributed by atoms with Crippen LogP contribution in [0.5, 0.6) is 5.75 Å². The van der Waals surface area contributed by atoms with Crippen LogP contribution in [0.3, 0.4) is 0 Å². The first-order valence-electron chi connectivity index (χ1n) is 10.9. The van der Waals surface area contributed by atoms with Gasteiger partial charge in [-0.05, 0) is 67.8 Å². The molecule has 6 nitrogen and oxygen atoms in total. The molecule has 5 atom stereocenters. The first kappa shape index (κ1) is 21.2. The standard InChI is InChI=1S/C24H33NO5/c1-7-23(19(26)30-20(27)28)13-22(4)18-12-15-11-16(29-6)9-10-17(15)21(22,3)14-24(23,8-2)25(18)5/h9-11,18H,7-8,12-14H2,1-6H3,(H,27,28)/t18?,21-,22+,23?,24?/m1/s1. The van der Waals surface area contributed by atoms with E-state index in [2.05, 4.69) is 44.9 Å². The molecular formula is C24H33NO5. The Kier molecular flexibility index (Phi) is 4.56. The van der Waals surface area contributed by atoms with Crippen LogP contribution in [-0.4, -0.2) is 47.9 Å². The number of carbonyl (C=O) groups excluding carboxylic acids is 1. The van der Waals surface area contributed by atoms with E-state index in [1.54, 1.807) is 7.11 Å². The minimum Gasteiger partial charge on any atom is -0.497 e. The van der Waals surface area contributed by atoms with Crippen molar-refractivity contribution in [1.82, 2.24) is 4.90 Å². The number of methoxy groups -OCH3 is 1. The average Bonchev–Trinajstić information content (AvgIpc) is 2.70. The van der Waals surface area contributed by atoms with Gasteiger partial charge < -0.3 is 14.6 Å². The molecule has 0 amide bonds. The number of nitrogens with zero attached hydrogens (tertiary/aromatic N) is 1. The normalized spacial score (nSPS) is 39.3. The summed E-state index contributed by atoms with van der Waals surface area (Å²) in [5, 5.41) is 9.20. The lowest BCUT2D eigenvalue weighted by atomic mass is 9.35. The Morgan fingerprint density at radius 1 is 1.20 bits per heavy atom. The summed E-state index contributed by atoms with van der Waals surface area (Å²) in [5.74, 6) is 0.280. The van der Waals surface area contributed by atoms with E-state index < -0.39 is 23.1 Å². The Morgan fingerprint density at radius 3 is 2.47 bits per heavy atom. The van der Waals surface area contributed by atoms with Gasteiger partial charge in [0, 0.05) is 17.0 Å². The molecule has 2 aliphatic carbocycles. The van der Waals surface area contributed by atoms with Crippen LogP contribution in [0.2, 0.25) is 0 Å². The summed E-state index contributed by atoms with van der Waals surface area (Å²) in [4.78, 5) is 27.0. The minimum absolute atomic E-state index is 0.123. The van der Waals surface area contributed by atoms with Crippen LogP contribution in [0.4, 0.5) is 4.79 Å². The maximum Gasteiger partial charge on any atom is 0.513 e. The number of fused-ring (bicyclic) bond motifs is 2. The summed E-state index contributed by atoms with van der Waals surface area (Å²) < 4.78 is 10.3. The molecule has 0 aromatic heterocycles. The lowest BCUT2D eigenvalue weighted by molar-refractivity contribution is -0.246. The van der Waals surface area contributed by atoms with Crippen LogP contribution < -0.4 is 4.74 Å². The van der Waals surface area contributed by atoms with Gasteiger partial charge in [0.2, 0.25) is 0 Å². The highest BCUT2D eigenvalue weighted by atomic mass is 16.7. The Morgan fingerprint density at radius 2 is 1.90 bits per heavy atom. The average molecular weight is 416 g/mol. The first-order chi connectivity index (χ1) is 14.0. The number of likely N-dealkylation sites (N-methyl/N-ethyl adjacent to an activating group) is 1. The van der Waals surface area contributed by atoms with Gasteiger partial charge in [-0.25, -0.2) is 4.79 Å². The molecule has 3 fully saturated rings. The van der Waals surface area contributed by atoms with Crippen molar-refractivity contribution in [2.75, 3.05) is 14.2 Å². The van der Waals surface area contributed by atoms with Crippen molar-refractivity contribution >= 4 is 12.1 Å². The molecule has 5 rings (SSSR count). The molecule has 1 N–H and O–H groups in total. The van der Waals surface area contributed by atoms with Crippen LogP contribution in [0.15, 0.2) is 18.2 Å². The van der Waals surface area contributed by atoms with Gasteiger partial charge >= 0.3 is 12.1 Å². The molecule has 2 heterocycles. The summed E-state index contributed by atoms with van der Waals surface area (Å²) in [5.41, 5.74) is 1.04. The fourth-order valence-electron chi connectivity index (χ4n) is 7.74. The molecule has 1 aromatic carbocycles. The summed E-state index contributed by atoms with van der Waals surface area (Å²) in [7, 11) is 3.81. The molecular weight excluding hydrogens is 382 g/mol. The van der Waals surface area contributed by atoms with Gasteiger partial charge in [-0.1, -0.05) is 33.8 Å². The quantitative estimate of drug-likeness (QED) is 0.581. The lowest BCUT2D eigenvalue weighted by Crippen LogP contribution is -2.82. The molecule has 3 unspecified atom stereocenters. The van der Waals surface area contributed by atoms with Crippen molar-refractivity contribution in [3.05, 3.63) is 29.3 Å². The second-order valence-electron chi connectivity index (χ2n) is 9.93. The SMILES string of the molecule is CCC1(C(=O)OC(=O)O)C[C@@]2(C)C3Cc4cc(OC)ccc4[C@@]2(C)CC1(CC)N3C. The second kappa shape index (κ2) is 6.46. The van der Waals surface area contributed by atoms with Crippen molar-refractivity contribution in [3.63, 3.8) is 0 Å². The molecule has 0 radical (unpaired) electrons. The number of rotatable bonds is 4. The van der Waals surface area contributed by atoms with Crippen molar-refractivity contribution in [1.29, 1.82) is 0 Å². The van der Waals surface area contributed by atoms with E-state index in [9.17, 15) is 14.7 Å². The van der Waals surface area contributed by atoms with Crippen molar-refractivity contribution in [3.8, 4) is 5.75 Å². The van der Waals surface area contributed by atoms with E-state index in [4.69, 9.17) is 9.47 Å². The number of carbonyl (C=O) groups is 2. The van der Waals surface area contributed by atoms with Gasteiger partial charge in [0.15, 0.2) is 0 Å². The van der Waals surface area contributed by atoms with E-state index in [-0.39, 0.29) is 16.9 Å². The lowest BCUT2D eigenvalue weighted by Gasteiger charge is -2.77. The third kappa shape index (κ3) is 2.23. The first-order valence-corrected chi connectivity index (χ1v) is 10.9. The number of benzene rings is 1. The molecule has 0 spiro atoms. The Labute approximate surface area is 178 Å². The van der Waals surface area contributed by atoms with Crippen LogP contribution in [0, 0.1) is 10.8 Å². The number of hydrogen-bond donors (Lipinski definition) is 1. The summed E-state index contributed by atoms with van der Waals surface area (Å²) in [6, 6.07) is 6.64. The number of hydrogen-bond acceptors (Lipinski definition) is 5. The number of ether oxygens (including phenoxy) is 2. The van der Waals surface area contributed by atoms with E-state index in [1.807, 2.05) is 13.0 Å². The summed E-state index contributed by atoms with van der Waals surface area (Å²) in [6.45, 7) is 8.74. The van der Waals surface area contributed by atoms with E-state index in [0.717, 1.165) is 25.0 Å². The number of piperidine rings is 2. The van der Waals surface area contributed by atoms with Gasteiger partial charge in [0.05, 0.1) is 12.5 Å². The third-order valence-corrected chi connectivity index (χ3v) is 9.42. The molecule has 6 heteroatoms. The van der Waals surface area contributed by atoms with E-state index in [0.29, 0.717) is 12.8 Å². The number of esters is 1. The zero-order valence-corrected chi connectivity index (χ0v) is 18.9. The molecule has 1 saturated carbocycles. The molecule has 2 aliphatic heterocycles. The second-order valence-corrected chi connectivity index (χ2v) is 9.93. The summed E-state index contributed by atoms with van der Waals surface area (Å²) in [6.07, 6.45) is 2.13. The molecule has 164 valence electrons. The minimum atomic E-state index is -1.52. The van der Waals surface area contributed by atoms with E-state index >= 15 is 0 Å². The predicted molar refractivity (Wildman–Crippen MR) is 113 cm³/mol. The Hall–Kier alpha value is -2.08. The fourth-order valence-corrected chi connectivity index (χ4v) is 7.74. The number of carboxylic acid groups (broad SMARTS) is 1. The Balaban J connectivity index is 1.93. The van der Waals surface area contributed by atoms with Gasteiger partial charge in [-0.3, -0.25) is 9.69 Å². The highest BCUT2D eigenvalue weighted by molar-refractivity contribution is 5.87. The fraction of sp³-hybridized carbons (Fsp3) is 0.667. The molecule has 30 heavy (non-hydrogen) atoms. The largest absolute Gasteiger partial charge is 0.513 e. The van der Waals surface area contributed by atoms with Crippen molar-refractivity contribution < 1.29 is 24.2 Å². The van der Waals surface area contributed by atoms with Crippen molar-refractivity contribution in [2.24, 2.45) is 10.8 Å². The van der Waals surface area contributed by atoms with Gasteiger partial charge in [-0.2, -0.15) is 0 Å². The smallest absolute Gasteiger partial charge is 0.497 e. The Bertz CT molecular complexity index is 915. The van der Waals surface area contributed by atoms with Gasteiger partial charge in [0.25, 0.3) is 0 Å². The maximum absolute atomic E-state index is 13.3. The molecule has 1 aromatic rings. The van der Waals surface area contributed by atoms with Crippen LogP contribution in [-0.2, 0) is 21.4 Å². The van der Waals surface area contributed by atoms with Crippen LogP contribution >= 0.6 is 0 Å². The van der Waals surface area contributed by atoms with E-state index in [1.165, 1.54) is 11.1 Å². The van der Waals surface area contributed by atoms with Crippen molar-refractivity contribution in [2.45, 2.75) is 76.8 Å². The molecule has 4 bridgehead atoms. The topological polar surface area (TPSA) is 76.1 Å². The monoisotopic (exact) mass is 415 g/mol. The zero-order chi connectivity index (χ0) is 22.1. The molecule has 4 aliphatic rings. The third-order valence-electron chi connectivity index (χ3n) is 9.42. The molecule has 2 saturated heterocycles. The predicted octanol–water partition coefficient (Wildman–Crippen LogP) is 4.39. The maximum atomic E-state index is 13.3. The summed E-state index contributed by atoms with van der Waals surface area (Å²) >= 11 is 0. The highest BCUT2D eigenvalue weighted by Crippen LogP contribution is 2.73. The van der Waals surface area contributed by atoms with Crippen LogP contribution in [0.1, 0.15) is 64.5 Å². The van der Waals surface area contributed by atoms with Gasteiger partial charge in [-0.15, -0.1) is 0 Å².